The molecule has 0 radical (unpaired) electrons. The van der Waals surface area contributed by atoms with Crippen molar-refractivity contribution in [1.29, 1.82) is 5.26 Å². The summed E-state index contributed by atoms with van der Waals surface area (Å²) in [6.45, 7) is 2.10. The van der Waals surface area contributed by atoms with Crippen molar-refractivity contribution < 1.29 is 0 Å². The molecule has 1 aliphatic heterocycles. The monoisotopic (exact) mass is 250 g/mol. The number of hydrogen-bond donors (Lipinski definition) is 1. The Hall–Kier alpha value is -1.25. The summed E-state index contributed by atoms with van der Waals surface area (Å²) >= 11 is 1.50. The van der Waals surface area contributed by atoms with Crippen LogP contribution in [0.1, 0.15) is 17.7 Å². The molecule has 1 fully saturated rings. The zero-order valence-electron chi connectivity index (χ0n) is 10.3. The van der Waals surface area contributed by atoms with Crippen LogP contribution in [0.2, 0.25) is 0 Å². The van der Waals surface area contributed by atoms with Gasteiger partial charge in [0, 0.05) is 19.1 Å². The van der Waals surface area contributed by atoms with Crippen molar-refractivity contribution in [3.05, 3.63) is 10.9 Å². The second-order valence-electron chi connectivity index (χ2n) is 4.66. The molecule has 2 rings (SSSR count). The molecule has 0 unspecified atom stereocenters. The molecule has 5 heteroatoms. The van der Waals surface area contributed by atoms with Crippen molar-refractivity contribution in [3.63, 3.8) is 0 Å². The summed E-state index contributed by atoms with van der Waals surface area (Å²) in [6, 6.07) is 4.75. The number of hydrogen-bond acceptors (Lipinski definition) is 5. The fraction of sp³-hybridized carbons (Fsp3) is 0.583. The van der Waals surface area contributed by atoms with Gasteiger partial charge in [-0.05, 0) is 33.0 Å². The van der Waals surface area contributed by atoms with Gasteiger partial charge in [0.05, 0.1) is 10.7 Å². The van der Waals surface area contributed by atoms with Crippen LogP contribution in [-0.4, -0.2) is 38.1 Å². The minimum Gasteiger partial charge on any atom is -0.397 e. The van der Waals surface area contributed by atoms with E-state index in [4.69, 9.17) is 11.0 Å². The second-order valence-corrected chi connectivity index (χ2v) is 5.69. The van der Waals surface area contributed by atoms with Gasteiger partial charge in [0.25, 0.3) is 0 Å². The van der Waals surface area contributed by atoms with Gasteiger partial charge >= 0.3 is 0 Å². The van der Waals surface area contributed by atoms with Gasteiger partial charge in [-0.1, -0.05) is 0 Å². The summed E-state index contributed by atoms with van der Waals surface area (Å²) in [4.78, 5) is 5.26. The van der Waals surface area contributed by atoms with Crippen molar-refractivity contribution in [2.24, 2.45) is 0 Å². The van der Waals surface area contributed by atoms with Gasteiger partial charge in [-0.2, -0.15) is 5.26 Å². The van der Waals surface area contributed by atoms with Crippen molar-refractivity contribution in [2.45, 2.75) is 18.9 Å². The Kier molecular flexibility index (Phi) is 3.55. The minimum atomic E-state index is 0.613. The topological polar surface area (TPSA) is 56.3 Å². The molecule has 0 saturated carbocycles. The Morgan fingerprint density at radius 1 is 1.47 bits per heavy atom. The fourth-order valence-electron chi connectivity index (χ4n) is 2.24. The molecular formula is C12H18N4S. The van der Waals surface area contributed by atoms with Crippen molar-refractivity contribution in [1.82, 2.24) is 4.90 Å². The summed E-state index contributed by atoms with van der Waals surface area (Å²) in [6.07, 6.45) is 2.35. The molecule has 1 aromatic heterocycles. The van der Waals surface area contributed by atoms with E-state index in [2.05, 4.69) is 30.0 Å². The summed E-state index contributed by atoms with van der Waals surface area (Å²) in [5.74, 6) is 0. The lowest BCUT2D eigenvalue weighted by Crippen LogP contribution is -2.41. The largest absolute Gasteiger partial charge is 0.397 e. The molecule has 0 bridgehead atoms. The van der Waals surface area contributed by atoms with Crippen LogP contribution in [0.5, 0.6) is 0 Å². The van der Waals surface area contributed by atoms with E-state index in [9.17, 15) is 0 Å². The number of thiophene rings is 1. The zero-order chi connectivity index (χ0) is 12.4. The molecule has 92 valence electrons. The van der Waals surface area contributed by atoms with Crippen LogP contribution in [0.3, 0.4) is 0 Å². The highest BCUT2D eigenvalue weighted by Gasteiger charge is 2.22. The van der Waals surface area contributed by atoms with Crippen LogP contribution in [0.4, 0.5) is 10.7 Å². The predicted octanol–water partition coefficient (Wildman–Crippen LogP) is 1.73. The number of piperidine rings is 1. The Labute approximate surface area is 106 Å². The maximum absolute atomic E-state index is 8.90. The molecule has 2 N–H and O–H groups in total. The molecule has 17 heavy (non-hydrogen) atoms. The molecule has 0 aromatic carbocycles. The van der Waals surface area contributed by atoms with Gasteiger partial charge in [-0.3, -0.25) is 0 Å². The summed E-state index contributed by atoms with van der Waals surface area (Å²) in [5.41, 5.74) is 6.40. The van der Waals surface area contributed by atoms with Crippen LogP contribution in [-0.2, 0) is 0 Å². The van der Waals surface area contributed by atoms with Crippen molar-refractivity contribution >= 4 is 22.0 Å². The summed E-state index contributed by atoms with van der Waals surface area (Å²) in [5, 5.41) is 10.0. The maximum Gasteiger partial charge on any atom is 0.129 e. The lowest BCUT2D eigenvalue weighted by atomic mass is 10.0. The van der Waals surface area contributed by atoms with Crippen LogP contribution in [0.15, 0.2) is 6.07 Å². The SMILES string of the molecule is CN(C)C1CCN(c2cc(N)c(C#N)s2)CC1. The van der Waals surface area contributed by atoms with Crippen molar-refractivity contribution in [3.8, 4) is 6.07 Å². The van der Waals surface area contributed by atoms with Crippen LogP contribution in [0.25, 0.3) is 0 Å². The van der Waals surface area contributed by atoms with Gasteiger partial charge in [-0.15, -0.1) is 11.3 Å². The van der Waals surface area contributed by atoms with Crippen LogP contribution < -0.4 is 10.6 Å². The fourth-order valence-corrected chi connectivity index (χ4v) is 3.17. The van der Waals surface area contributed by atoms with E-state index in [-0.39, 0.29) is 0 Å². The molecule has 1 aromatic rings. The predicted molar refractivity (Wildman–Crippen MR) is 72.4 cm³/mol. The molecule has 1 saturated heterocycles. The number of nitrogens with zero attached hydrogens (tertiary/aromatic N) is 3. The first-order chi connectivity index (χ1) is 8.11. The van der Waals surface area contributed by atoms with E-state index in [0.717, 1.165) is 18.1 Å². The molecule has 0 atom stereocenters. The first-order valence-corrected chi connectivity index (χ1v) is 6.64. The first kappa shape index (κ1) is 12.2. The van der Waals surface area contributed by atoms with E-state index in [1.54, 1.807) is 0 Å². The van der Waals surface area contributed by atoms with Gasteiger partial charge < -0.3 is 15.5 Å². The van der Waals surface area contributed by atoms with Crippen molar-refractivity contribution in [2.75, 3.05) is 37.8 Å². The zero-order valence-corrected chi connectivity index (χ0v) is 11.1. The number of anilines is 2. The molecule has 0 amide bonds. The highest BCUT2D eigenvalue weighted by atomic mass is 32.1. The Bertz CT molecular complexity index is 424. The Morgan fingerprint density at radius 3 is 2.59 bits per heavy atom. The number of nitrogens with two attached hydrogens (primary N) is 1. The van der Waals surface area contributed by atoms with E-state index in [0.29, 0.717) is 16.6 Å². The first-order valence-electron chi connectivity index (χ1n) is 5.82. The van der Waals surface area contributed by atoms with E-state index in [1.165, 1.54) is 24.2 Å². The minimum absolute atomic E-state index is 0.613. The highest BCUT2D eigenvalue weighted by molar-refractivity contribution is 7.17. The maximum atomic E-state index is 8.90. The van der Waals surface area contributed by atoms with E-state index >= 15 is 0 Å². The van der Waals surface area contributed by atoms with Gasteiger partial charge in [0.1, 0.15) is 10.9 Å². The number of nitrogen functional groups attached to an aromatic ring is 1. The molecule has 1 aliphatic rings. The third kappa shape index (κ3) is 2.54. The smallest absolute Gasteiger partial charge is 0.129 e. The Balaban J connectivity index is 2.03. The lowest BCUT2D eigenvalue weighted by Gasteiger charge is -2.35. The Morgan fingerprint density at radius 2 is 2.12 bits per heavy atom. The number of nitriles is 1. The molecule has 2 heterocycles. The highest BCUT2D eigenvalue weighted by Crippen LogP contribution is 2.33. The number of rotatable bonds is 2. The lowest BCUT2D eigenvalue weighted by molar-refractivity contribution is 0.250. The molecular weight excluding hydrogens is 232 g/mol. The molecule has 0 aliphatic carbocycles. The average molecular weight is 250 g/mol. The molecule has 4 nitrogen and oxygen atoms in total. The third-order valence-electron chi connectivity index (χ3n) is 3.36. The normalized spacial score (nSPS) is 17.4. The molecule has 0 spiro atoms. The van der Waals surface area contributed by atoms with Gasteiger partial charge in [-0.25, -0.2) is 0 Å². The average Bonchev–Trinajstić information content (AvgIpc) is 2.70. The van der Waals surface area contributed by atoms with E-state index < -0.39 is 0 Å². The quantitative estimate of drug-likeness (QED) is 0.868. The third-order valence-corrected chi connectivity index (χ3v) is 4.47. The van der Waals surface area contributed by atoms with Gasteiger partial charge in [0.2, 0.25) is 0 Å². The summed E-state index contributed by atoms with van der Waals surface area (Å²) < 4.78 is 0. The van der Waals surface area contributed by atoms with E-state index in [1.807, 2.05) is 6.07 Å². The second kappa shape index (κ2) is 4.94. The standard InChI is InChI=1S/C12H18N4S/c1-15(2)9-3-5-16(6-4-9)12-7-10(14)11(8-13)17-12/h7,9H,3-6,14H2,1-2H3. The summed E-state index contributed by atoms with van der Waals surface area (Å²) in [7, 11) is 4.27. The van der Waals surface area contributed by atoms with Crippen LogP contribution >= 0.6 is 11.3 Å². The van der Waals surface area contributed by atoms with Crippen LogP contribution in [0, 0.1) is 11.3 Å². The van der Waals surface area contributed by atoms with Gasteiger partial charge in [0.15, 0.2) is 0 Å².